The normalized spacial score (nSPS) is 14.3. The summed E-state index contributed by atoms with van der Waals surface area (Å²) >= 11 is 0. The van der Waals surface area contributed by atoms with E-state index in [1.807, 2.05) is 55.0 Å². The first kappa shape index (κ1) is 7.99. The minimum atomic E-state index is 0.0885. The summed E-state index contributed by atoms with van der Waals surface area (Å²) in [6.07, 6.45) is 7.40. The SMILES string of the molecule is O=C(C1=CC=C[CH]1)c1ccccc1. The molecule has 1 aliphatic carbocycles. The molecule has 0 saturated heterocycles. The summed E-state index contributed by atoms with van der Waals surface area (Å²) in [4.78, 5) is 11.7. The third kappa shape index (κ3) is 1.59. The zero-order valence-corrected chi connectivity index (χ0v) is 7.10. The van der Waals surface area contributed by atoms with Crippen molar-refractivity contribution in [2.45, 2.75) is 0 Å². The zero-order chi connectivity index (χ0) is 9.10. The van der Waals surface area contributed by atoms with E-state index in [9.17, 15) is 4.79 Å². The van der Waals surface area contributed by atoms with Gasteiger partial charge in [-0.25, -0.2) is 0 Å². The van der Waals surface area contributed by atoms with Gasteiger partial charge in [0.15, 0.2) is 5.78 Å². The Morgan fingerprint density at radius 1 is 1.00 bits per heavy atom. The van der Waals surface area contributed by atoms with Crippen LogP contribution in [-0.2, 0) is 0 Å². The monoisotopic (exact) mass is 169 g/mol. The van der Waals surface area contributed by atoms with Crippen molar-refractivity contribution < 1.29 is 4.79 Å². The number of carbonyl (C=O) groups excluding carboxylic acids is 1. The van der Waals surface area contributed by atoms with Crippen LogP contribution >= 0.6 is 0 Å². The van der Waals surface area contributed by atoms with Crippen LogP contribution in [0.25, 0.3) is 0 Å². The summed E-state index contributed by atoms with van der Waals surface area (Å²) < 4.78 is 0. The first-order valence-electron chi connectivity index (χ1n) is 4.19. The van der Waals surface area contributed by atoms with E-state index in [0.29, 0.717) is 0 Å². The second kappa shape index (κ2) is 3.40. The second-order valence-electron chi connectivity index (χ2n) is 2.87. The summed E-state index contributed by atoms with van der Waals surface area (Å²) in [5.74, 6) is 0.0885. The van der Waals surface area contributed by atoms with Crippen LogP contribution < -0.4 is 0 Å². The highest BCUT2D eigenvalue weighted by molar-refractivity contribution is 6.10. The lowest BCUT2D eigenvalue weighted by Crippen LogP contribution is -2.01. The van der Waals surface area contributed by atoms with Crippen LogP contribution in [-0.4, -0.2) is 5.78 Å². The third-order valence-electron chi connectivity index (χ3n) is 1.96. The molecule has 0 spiro atoms. The van der Waals surface area contributed by atoms with Crippen molar-refractivity contribution in [2.75, 3.05) is 0 Å². The maximum atomic E-state index is 11.7. The van der Waals surface area contributed by atoms with E-state index >= 15 is 0 Å². The average molecular weight is 169 g/mol. The number of benzene rings is 1. The summed E-state index contributed by atoms with van der Waals surface area (Å²) in [6.45, 7) is 0. The van der Waals surface area contributed by atoms with Gasteiger partial charge >= 0.3 is 0 Å². The predicted octanol–water partition coefficient (Wildman–Crippen LogP) is 2.57. The quantitative estimate of drug-likeness (QED) is 0.622. The third-order valence-corrected chi connectivity index (χ3v) is 1.96. The molecule has 0 heterocycles. The fraction of sp³-hybridized carbons (Fsp3) is 0. The van der Waals surface area contributed by atoms with E-state index < -0.39 is 0 Å². The molecule has 0 atom stereocenters. The van der Waals surface area contributed by atoms with E-state index in [4.69, 9.17) is 0 Å². The number of hydrogen-bond donors (Lipinski definition) is 0. The number of Topliss-reactive ketones (excluding diaryl/α,β-unsaturated/α-hetero) is 1. The van der Waals surface area contributed by atoms with Gasteiger partial charge in [0.2, 0.25) is 0 Å². The molecule has 0 bridgehead atoms. The smallest absolute Gasteiger partial charge is 0.189 e. The van der Waals surface area contributed by atoms with Gasteiger partial charge in [-0.1, -0.05) is 48.6 Å². The van der Waals surface area contributed by atoms with E-state index in [1.165, 1.54) is 0 Å². The van der Waals surface area contributed by atoms with Gasteiger partial charge in [0.05, 0.1) is 0 Å². The lowest BCUT2D eigenvalue weighted by Gasteiger charge is -1.99. The Morgan fingerprint density at radius 3 is 2.38 bits per heavy atom. The largest absolute Gasteiger partial charge is 0.289 e. The van der Waals surface area contributed by atoms with Gasteiger partial charge < -0.3 is 0 Å². The molecule has 13 heavy (non-hydrogen) atoms. The molecular formula is C12H9O. The number of rotatable bonds is 2. The molecule has 0 amide bonds. The molecule has 1 aliphatic rings. The van der Waals surface area contributed by atoms with Gasteiger partial charge in [0.1, 0.15) is 0 Å². The van der Waals surface area contributed by atoms with Crippen molar-refractivity contribution in [3.05, 3.63) is 66.1 Å². The molecule has 1 heteroatoms. The minimum absolute atomic E-state index is 0.0885. The fourth-order valence-corrected chi connectivity index (χ4v) is 1.28. The van der Waals surface area contributed by atoms with Crippen molar-refractivity contribution in [3.8, 4) is 0 Å². The van der Waals surface area contributed by atoms with Gasteiger partial charge in [0.25, 0.3) is 0 Å². The van der Waals surface area contributed by atoms with Crippen LogP contribution in [0.15, 0.2) is 54.1 Å². The lowest BCUT2D eigenvalue weighted by atomic mass is 10.0. The number of allylic oxidation sites excluding steroid dienone is 4. The molecule has 1 radical (unpaired) electrons. The van der Waals surface area contributed by atoms with E-state index in [2.05, 4.69) is 0 Å². The summed E-state index contributed by atoms with van der Waals surface area (Å²) in [6, 6.07) is 9.30. The van der Waals surface area contributed by atoms with E-state index in [1.54, 1.807) is 0 Å². The van der Waals surface area contributed by atoms with Crippen molar-refractivity contribution in [1.29, 1.82) is 0 Å². The molecular weight excluding hydrogens is 160 g/mol. The van der Waals surface area contributed by atoms with Crippen LogP contribution in [0.3, 0.4) is 0 Å². The van der Waals surface area contributed by atoms with Crippen LogP contribution in [0, 0.1) is 6.42 Å². The molecule has 63 valence electrons. The Morgan fingerprint density at radius 2 is 1.77 bits per heavy atom. The molecule has 1 nitrogen and oxygen atoms in total. The Bertz CT molecular complexity index is 371. The van der Waals surface area contributed by atoms with E-state index in [0.717, 1.165) is 11.1 Å². The zero-order valence-electron chi connectivity index (χ0n) is 7.10. The summed E-state index contributed by atoms with van der Waals surface area (Å²) in [5.41, 5.74) is 1.50. The topological polar surface area (TPSA) is 17.1 Å². The van der Waals surface area contributed by atoms with Crippen LogP contribution in [0.5, 0.6) is 0 Å². The van der Waals surface area contributed by atoms with Crippen molar-refractivity contribution >= 4 is 5.78 Å². The van der Waals surface area contributed by atoms with Gasteiger partial charge in [-0.15, -0.1) is 0 Å². The molecule has 2 rings (SSSR count). The highest BCUT2D eigenvalue weighted by Gasteiger charge is 2.11. The van der Waals surface area contributed by atoms with Crippen LogP contribution in [0.2, 0.25) is 0 Å². The molecule has 0 fully saturated rings. The van der Waals surface area contributed by atoms with Gasteiger partial charge in [0, 0.05) is 17.6 Å². The molecule has 0 unspecified atom stereocenters. The van der Waals surface area contributed by atoms with Crippen LogP contribution in [0.1, 0.15) is 10.4 Å². The highest BCUT2D eigenvalue weighted by Crippen LogP contribution is 2.15. The van der Waals surface area contributed by atoms with Gasteiger partial charge in [-0.2, -0.15) is 0 Å². The maximum absolute atomic E-state index is 11.7. The Labute approximate surface area is 77.4 Å². The molecule has 0 N–H and O–H groups in total. The summed E-state index contributed by atoms with van der Waals surface area (Å²) in [5, 5.41) is 0. The second-order valence-corrected chi connectivity index (χ2v) is 2.87. The first-order valence-corrected chi connectivity index (χ1v) is 4.19. The summed E-state index contributed by atoms with van der Waals surface area (Å²) in [7, 11) is 0. The predicted molar refractivity (Wildman–Crippen MR) is 52.3 cm³/mol. The Hall–Kier alpha value is -1.63. The first-order chi connectivity index (χ1) is 6.38. The maximum Gasteiger partial charge on any atom is 0.189 e. The van der Waals surface area contributed by atoms with E-state index in [-0.39, 0.29) is 5.78 Å². The highest BCUT2D eigenvalue weighted by atomic mass is 16.1. The molecule has 0 aromatic heterocycles. The minimum Gasteiger partial charge on any atom is -0.289 e. The van der Waals surface area contributed by atoms with Crippen molar-refractivity contribution in [3.63, 3.8) is 0 Å². The van der Waals surface area contributed by atoms with Crippen molar-refractivity contribution in [2.24, 2.45) is 0 Å². The molecule has 1 aromatic carbocycles. The molecule has 0 aliphatic heterocycles. The molecule has 0 saturated carbocycles. The standard InChI is InChI=1S/C12H9O/c13-12(11-8-4-5-9-11)10-6-2-1-3-7-10/h1-9H. The number of carbonyl (C=O) groups is 1. The van der Waals surface area contributed by atoms with Gasteiger partial charge in [-0.3, -0.25) is 4.79 Å². The number of hydrogen-bond acceptors (Lipinski definition) is 1. The van der Waals surface area contributed by atoms with Crippen LogP contribution in [0.4, 0.5) is 0 Å². The lowest BCUT2D eigenvalue weighted by molar-refractivity contribution is 0.103. The Balaban J connectivity index is 2.24. The average Bonchev–Trinajstić information content (AvgIpc) is 2.71. The fourth-order valence-electron chi connectivity index (χ4n) is 1.28. The Kier molecular flexibility index (Phi) is 2.09. The number of ketones is 1. The molecule has 1 aromatic rings. The van der Waals surface area contributed by atoms with Crippen molar-refractivity contribution in [1.82, 2.24) is 0 Å². The van der Waals surface area contributed by atoms with Gasteiger partial charge in [-0.05, 0) is 0 Å².